The molecule has 0 spiro atoms. The van der Waals surface area contributed by atoms with Crippen molar-refractivity contribution in [3.63, 3.8) is 0 Å². The van der Waals surface area contributed by atoms with Crippen LogP contribution in [0, 0.1) is 6.92 Å². The van der Waals surface area contributed by atoms with E-state index in [-0.39, 0.29) is 31.0 Å². The van der Waals surface area contributed by atoms with Crippen LogP contribution in [0.25, 0.3) is 0 Å². The fourth-order valence-corrected chi connectivity index (χ4v) is 5.19. The Labute approximate surface area is 235 Å². The van der Waals surface area contributed by atoms with Crippen LogP contribution in [0.5, 0.6) is 5.75 Å². The monoisotopic (exact) mass is 552 g/mol. The van der Waals surface area contributed by atoms with Crippen molar-refractivity contribution in [3.8, 4) is 5.75 Å². The van der Waals surface area contributed by atoms with Crippen molar-refractivity contribution in [3.05, 3.63) is 99.5 Å². The third kappa shape index (κ3) is 7.99. The summed E-state index contributed by atoms with van der Waals surface area (Å²) in [6.45, 7) is 1.98. The molecule has 0 saturated heterocycles. The first kappa shape index (κ1) is 28.0. The number of amides is 2. The SMILES string of the molecule is Cc1cccc(OCC(=O)N(Cc2ccc(Cl)c(Cl)c2)[C@@H](Cc2ccccc2)C(=O)NC2CCCCC2)c1. The third-order valence-corrected chi connectivity index (χ3v) is 7.65. The van der Waals surface area contributed by atoms with Crippen LogP contribution >= 0.6 is 23.2 Å². The first-order valence-corrected chi connectivity index (χ1v) is 13.9. The Balaban J connectivity index is 1.62. The van der Waals surface area contributed by atoms with Gasteiger partial charge in [-0.05, 0) is 60.7 Å². The Hall–Kier alpha value is -3.02. The standard InChI is InChI=1S/C31H34Cl2N2O3/c1-22-9-8-14-26(17-22)38-21-30(36)35(20-24-15-16-27(32)28(33)18-24)29(19-23-10-4-2-5-11-23)31(37)34-25-12-6-3-7-13-25/h2,4-5,8-11,14-18,25,29H,3,6-7,12-13,19-21H2,1H3,(H,34,37)/t29-/m0/s1. The first-order chi connectivity index (χ1) is 18.4. The van der Waals surface area contributed by atoms with Crippen LogP contribution in [0.15, 0.2) is 72.8 Å². The summed E-state index contributed by atoms with van der Waals surface area (Å²) in [7, 11) is 0. The van der Waals surface area contributed by atoms with Crippen molar-refractivity contribution in [1.29, 1.82) is 0 Å². The minimum Gasteiger partial charge on any atom is -0.484 e. The van der Waals surface area contributed by atoms with Crippen LogP contribution in [0.3, 0.4) is 0 Å². The molecule has 7 heteroatoms. The molecule has 0 bridgehead atoms. The van der Waals surface area contributed by atoms with E-state index >= 15 is 0 Å². The predicted molar refractivity (Wildman–Crippen MR) is 153 cm³/mol. The number of nitrogens with one attached hydrogen (secondary N) is 1. The number of carbonyl (C=O) groups excluding carboxylic acids is 2. The molecule has 1 atom stereocenters. The van der Waals surface area contributed by atoms with Crippen molar-refractivity contribution in [1.82, 2.24) is 10.2 Å². The van der Waals surface area contributed by atoms with Gasteiger partial charge in [-0.1, -0.05) is 91.0 Å². The van der Waals surface area contributed by atoms with Gasteiger partial charge in [-0.2, -0.15) is 0 Å². The molecule has 1 N–H and O–H groups in total. The van der Waals surface area contributed by atoms with E-state index in [1.807, 2.05) is 67.6 Å². The molecule has 1 aliphatic rings. The van der Waals surface area contributed by atoms with Gasteiger partial charge >= 0.3 is 0 Å². The summed E-state index contributed by atoms with van der Waals surface area (Å²) in [5.74, 6) is 0.182. The Morgan fingerprint density at radius 2 is 1.68 bits per heavy atom. The second-order valence-electron chi connectivity index (χ2n) is 9.92. The van der Waals surface area contributed by atoms with Gasteiger partial charge in [0.1, 0.15) is 11.8 Å². The molecule has 5 nitrogen and oxygen atoms in total. The predicted octanol–water partition coefficient (Wildman–Crippen LogP) is 6.77. The van der Waals surface area contributed by atoms with Crippen LogP contribution in [-0.2, 0) is 22.6 Å². The lowest BCUT2D eigenvalue weighted by molar-refractivity contribution is -0.143. The van der Waals surface area contributed by atoms with Crippen LogP contribution in [-0.4, -0.2) is 35.4 Å². The fraction of sp³-hybridized carbons (Fsp3) is 0.355. The maximum absolute atomic E-state index is 13.8. The van der Waals surface area contributed by atoms with Gasteiger partial charge in [-0.3, -0.25) is 9.59 Å². The van der Waals surface area contributed by atoms with Gasteiger partial charge in [0.2, 0.25) is 5.91 Å². The lowest BCUT2D eigenvalue weighted by Crippen LogP contribution is -2.53. The van der Waals surface area contributed by atoms with Crippen LogP contribution in [0.1, 0.15) is 48.8 Å². The largest absolute Gasteiger partial charge is 0.484 e. The highest BCUT2D eigenvalue weighted by molar-refractivity contribution is 6.42. The lowest BCUT2D eigenvalue weighted by atomic mass is 9.94. The normalized spacial score (nSPS) is 14.5. The molecule has 3 aromatic rings. The van der Waals surface area contributed by atoms with E-state index in [0.29, 0.717) is 22.2 Å². The van der Waals surface area contributed by atoms with Gasteiger partial charge < -0.3 is 15.0 Å². The number of ether oxygens (including phenoxy) is 1. The van der Waals surface area contributed by atoms with Gasteiger partial charge in [0.25, 0.3) is 5.91 Å². The number of carbonyl (C=O) groups is 2. The zero-order valence-electron chi connectivity index (χ0n) is 21.7. The molecule has 0 radical (unpaired) electrons. The molecule has 2 amide bonds. The molecule has 1 fully saturated rings. The number of aryl methyl sites for hydroxylation is 1. The summed E-state index contributed by atoms with van der Waals surface area (Å²) in [5, 5.41) is 4.08. The molecule has 0 unspecified atom stereocenters. The first-order valence-electron chi connectivity index (χ1n) is 13.2. The average molecular weight is 554 g/mol. The van der Waals surface area contributed by atoms with Crippen LogP contribution < -0.4 is 10.1 Å². The van der Waals surface area contributed by atoms with Gasteiger partial charge in [0.15, 0.2) is 6.61 Å². The van der Waals surface area contributed by atoms with E-state index in [0.717, 1.165) is 42.4 Å². The Kier molecular flexibility index (Phi) is 10.1. The zero-order chi connectivity index (χ0) is 26.9. The highest BCUT2D eigenvalue weighted by atomic mass is 35.5. The third-order valence-electron chi connectivity index (χ3n) is 6.91. The summed E-state index contributed by atoms with van der Waals surface area (Å²) in [6, 6.07) is 22.0. The molecule has 4 rings (SSSR count). The quantitative estimate of drug-likeness (QED) is 0.302. The number of halogens is 2. The maximum Gasteiger partial charge on any atom is 0.261 e. The minimum atomic E-state index is -0.720. The molecular formula is C31H34Cl2N2O3. The molecule has 0 heterocycles. The van der Waals surface area contributed by atoms with Crippen molar-refractivity contribution in [2.24, 2.45) is 0 Å². The van der Waals surface area contributed by atoms with Gasteiger partial charge in [-0.25, -0.2) is 0 Å². The van der Waals surface area contributed by atoms with Gasteiger partial charge in [-0.15, -0.1) is 0 Å². The molecule has 1 saturated carbocycles. The van der Waals surface area contributed by atoms with E-state index in [1.165, 1.54) is 6.42 Å². The molecule has 0 aliphatic heterocycles. The van der Waals surface area contributed by atoms with Gasteiger partial charge in [0, 0.05) is 19.0 Å². The van der Waals surface area contributed by atoms with E-state index in [1.54, 1.807) is 17.0 Å². The summed E-state index contributed by atoms with van der Waals surface area (Å²) in [5.41, 5.74) is 2.80. The van der Waals surface area contributed by atoms with E-state index in [2.05, 4.69) is 5.32 Å². The van der Waals surface area contributed by atoms with Crippen molar-refractivity contribution in [2.45, 2.75) is 64.1 Å². The molecule has 200 valence electrons. The second-order valence-corrected chi connectivity index (χ2v) is 10.7. The second kappa shape index (κ2) is 13.7. The summed E-state index contributed by atoms with van der Waals surface area (Å²) in [4.78, 5) is 29.2. The van der Waals surface area contributed by atoms with Crippen LogP contribution in [0.4, 0.5) is 0 Å². The number of rotatable bonds is 10. The molecule has 0 aromatic heterocycles. The van der Waals surface area contributed by atoms with E-state index in [4.69, 9.17) is 27.9 Å². The molecule has 1 aliphatic carbocycles. The summed E-state index contributed by atoms with van der Waals surface area (Å²) in [6.07, 6.45) is 5.70. The Morgan fingerprint density at radius 3 is 2.39 bits per heavy atom. The van der Waals surface area contributed by atoms with E-state index < -0.39 is 6.04 Å². The minimum absolute atomic E-state index is 0.125. The topological polar surface area (TPSA) is 58.6 Å². The number of hydrogen-bond donors (Lipinski definition) is 1. The Bertz CT molecular complexity index is 1230. The number of hydrogen-bond acceptors (Lipinski definition) is 3. The van der Waals surface area contributed by atoms with E-state index in [9.17, 15) is 9.59 Å². The number of nitrogens with zero attached hydrogens (tertiary/aromatic N) is 1. The smallest absolute Gasteiger partial charge is 0.261 e. The molecule has 3 aromatic carbocycles. The lowest BCUT2D eigenvalue weighted by Gasteiger charge is -2.33. The van der Waals surface area contributed by atoms with Gasteiger partial charge in [0.05, 0.1) is 10.0 Å². The number of benzene rings is 3. The molecule has 38 heavy (non-hydrogen) atoms. The van der Waals surface area contributed by atoms with Crippen molar-refractivity contribution < 1.29 is 14.3 Å². The zero-order valence-corrected chi connectivity index (χ0v) is 23.2. The highest BCUT2D eigenvalue weighted by Crippen LogP contribution is 2.25. The summed E-state index contributed by atoms with van der Waals surface area (Å²) >= 11 is 12.4. The van der Waals surface area contributed by atoms with Crippen LogP contribution in [0.2, 0.25) is 10.0 Å². The Morgan fingerprint density at radius 1 is 0.921 bits per heavy atom. The highest BCUT2D eigenvalue weighted by Gasteiger charge is 2.32. The molecular weight excluding hydrogens is 519 g/mol. The van der Waals surface area contributed by atoms with Crippen molar-refractivity contribution in [2.75, 3.05) is 6.61 Å². The maximum atomic E-state index is 13.8. The van der Waals surface area contributed by atoms with Crippen molar-refractivity contribution >= 4 is 35.0 Å². The fourth-order valence-electron chi connectivity index (χ4n) is 4.87. The average Bonchev–Trinajstić information content (AvgIpc) is 2.92. The summed E-state index contributed by atoms with van der Waals surface area (Å²) < 4.78 is 5.87.